The number of carbonyl (C=O) groups is 1. The van der Waals surface area contributed by atoms with Gasteiger partial charge in [-0.25, -0.2) is 14.2 Å². The van der Waals surface area contributed by atoms with E-state index in [1.54, 1.807) is 23.0 Å². The smallest absolute Gasteiger partial charge is 0.348 e. The molecule has 0 bridgehead atoms. The highest BCUT2D eigenvalue weighted by Gasteiger charge is 2.29. The fraction of sp³-hybridized carbons (Fsp3) is 0.222. The van der Waals surface area contributed by atoms with Gasteiger partial charge in [-0.05, 0) is 53.5 Å². The first-order valence-electron chi connectivity index (χ1n) is 12.0. The summed E-state index contributed by atoms with van der Waals surface area (Å²) in [6.07, 6.45) is 12.1. The van der Waals surface area contributed by atoms with E-state index in [1.807, 2.05) is 31.2 Å². The van der Waals surface area contributed by atoms with Gasteiger partial charge in [0.25, 0.3) is 0 Å². The average molecular weight is 551 g/mol. The van der Waals surface area contributed by atoms with Crippen molar-refractivity contribution in [2.75, 3.05) is 0 Å². The van der Waals surface area contributed by atoms with Gasteiger partial charge in [-0.3, -0.25) is 0 Å². The highest BCUT2D eigenvalue weighted by atomic mass is 35.5. The number of halogens is 2. The third-order valence-electron chi connectivity index (χ3n) is 6.57. The van der Waals surface area contributed by atoms with Crippen molar-refractivity contribution in [2.24, 2.45) is 5.92 Å². The predicted octanol–water partition coefficient (Wildman–Crippen LogP) is 6.70. The molecule has 194 valence electrons. The summed E-state index contributed by atoms with van der Waals surface area (Å²) in [6.45, 7) is 6.03. The van der Waals surface area contributed by atoms with Gasteiger partial charge >= 0.3 is 5.97 Å². The number of hydrogen-bond acceptors (Lipinski definition) is 6. The monoisotopic (exact) mass is 550 g/mol. The Bertz CT molecular complexity index is 1550. The third kappa shape index (κ3) is 5.36. The number of carboxylic acids is 1. The lowest BCUT2D eigenvalue weighted by Gasteiger charge is -2.15. The van der Waals surface area contributed by atoms with Crippen LogP contribution in [-0.4, -0.2) is 41.3 Å². The van der Waals surface area contributed by atoms with Crippen LogP contribution in [0.15, 0.2) is 66.5 Å². The van der Waals surface area contributed by atoms with E-state index in [2.05, 4.69) is 32.1 Å². The maximum atomic E-state index is 14.7. The first kappa shape index (κ1) is 25.7. The molecule has 2 N–H and O–H groups in total. The van der Waals surface area contributed by atoms with Gasteiger partial charge in [0.15, 0.2) is 5.82 Å². The summed E-state index contributed by atoms with van der Waals surface area (Å²) in [6, 6.07) is 5.47. The van der Waals surface area contributed by atoms with E-state index in [-0.39, 0.29) is 16.4 Å². The summed E-state index contributed by atoms with van der Waals surface area (Å²) < 4.78 is 16.2. The molecule has 1 unspecified atom stereocenters. The number of nitrogens with one attached hydrogen (secondary N) is 1. The zero-order chi connectivity index (χ0) is 26.8. The van der Waals surface area contributed by atoms with Crippen molar-refractivity contribution in [3.05, 3.63) is 93.6 Å². The molecule has 3 aromatic heterocycles. The maximum absolute atomic E-state index is 14.7. The largest absolute Gasteiger partial charge is 0.477 e. The lowest BCUT2D eigenvalue weighted by molar-refractivity contribution is 0.0698. The lowest BCUT2D eigenvalue weighted by atomic mass is 9.92. The van der Waals surface area contributed by atoms with Crippen LogP contribution in [-0.2, 0) is 0 Å². The number of H-pyrrole nitrogens is 1. The molecule has 1 atom stereocenters. The summed E-state index contributed by atoms with van der Waals surface area (Å²) in [5, 5.41) is 22.7. The Morgan fingerprint density at radius 1 is 1.39 bits per heavy atom. The number of hydrogen-bond donors (Lipinski definition) is 2. The molecule has 11 heteroatoms. The number of tetrazole rings is 1. The number of benzene rings is 1. The number of thiophene rings is 1. The van der Waals surface area contributed by atoms with Crippen LogP contribution in [0, 0.1) is 11.7 Å². The first-order valence-corrected chi connectivity index (χ1v) is 13.2. The van der Waals surface area contributed by atoms with Gasteiger partial charge in [-0.1, -0.05) is 54.8 Å². The molecule has 4 aromatic rings. The van der Waals surface area contributed by atoms with Crippen LogP contribution < -0.4 is 0 Å². The zero-order valence-electron chi connectivity index (χ0n) is 20.4. The molecule has 0 spiro atoms. The van der Waals surface area contributed by atoms with Gasteiger partial charge in [-0.2, -0.15) is 4.68 Å². The minimum atomic E-state index is -1.28. The maximum Gasteiger partial charge on any atom is 0.348 e. The standard InChI is InChI=1S/C27H24ClFN6O2S/c1-3-17(20-11-18(28)8-9-23(20)35-14-31-33-34-35)7-4-15(2)19(10-16-5-6-16)26-30-12-22(32-26)21-13-38-25(24(21)29)27(36)37/h3-4,7-9,11-14,16,19H,1,5-6,10H2,2H3,(H,30,32)(H,36,37)/b15-4+,17-7+. The van der Waals surface area contributed by atoms with Crippen LogP contribution in [0.5, 0.6) is 0 Å². The van der Waals surface area contributed by atoms with Crippen LogP contribution in [0.1, 0.15) is 53.2 Å². The summed E-state index contributed by atoms with van der Waals surface area (Å²) in [7, 11) is 0. The molecule has 1 aromatic carbocycles. The van der Waals surface area contributed by atoms with E-state index in [1.165, 1.54) is 24.5 Å². The molecule has 1 aliphatic rings. The van der Waals surface area contributed by atoms with E-state index in [0.717, 1.165) is 40.2 Å². The molecule has 1 saturated carbocycles. The second kappa shape index (κ2) is 10.8. The van der Waals surface area contributed by atoms with E-state index in [4.69, 9.17) is 11.6 Å². The van der Waals surface area contributed by atoms with Gasteiger partial charge in [-0.15, -0.1) is 16.4 Å². The van der Waals surface area contributed by atoms with E-state index < -0.39 is 11.8 Å². The molecule has 1 aliphatic carbocycles. The van der Waals surface area contributed by atoms with Gasteiger partial charge in [0.05, 0.1) is 17.6 Å². The zero-order valence-corrected chi connectivity index (χ0v) is 22.0. The van der Waals surface area contributed by atoms with Crippen LogP contribution >= 0.6 is 22.9 Å². The highest BCUT2D eigenvalue weighted by molar-refractivity contribution is 7.12. The molecule has 1 fully saturated rings. The Morgan fingerprint density at radius 3 is 2.87 bits per heavy atom. The minimum absolute atomic E-state index is 0.0162. The van der Waals surface area contributed by atoms with Crippen LogP contribution in [0.25, 0.3) is 22.5 Å². The molecule has 8 nitrogen and oxygen atoms in total. The molecule has 38 heavy (non-hydrogen) atoms. The van der Waals surface area contributed by atoms with Gasteiger partial charge in [0.1, 0.15) is 17.0 Å². The van der Waals surface area contributed by atoms with Crippen molar-refractivity contribution in [2.45, 2.75) is 32.1 Å². The Kier molecular flexibility index (Phi) is 7.35. The Balaban J connectivity index is 1.48. The van der Waals surface area contributed by atoms with E-state index in [0.29, 0.717) is 22.5 Å². The van der Waals surface area contributed by atoms with Crippen molar-refractivity contribution >= 4 is 34.5 Å². The van der Waals surface area contributed by atoms with Crippen LogP contribution in [0.3, 0.4) is 0 Å². The highest BCUT2D eigenvalue weighted by Crippen LogP contribution is 2.41. The second-order valence-electron chi connectivity index (χ2n) is 9.16. The summed E-state index contributed by atoms with van der Waals surface area (Å²) in [5.74, 6) is -0.722. The van der Waals surface area contributed by atoms with Crippen molar-refractivity contribution < 1.29 is 14.3 Å². The van der Waals surface area contributed by atoms with Crippen molar-refractivity contribution in [3.63, 3.8) is 0 Å². The van der Waals surface area contributed by atoms with Crippen LogP contribution in [0.4, 0.5) is 4.39 Å². The van der Waals surface area contributed by atoms with E-state index >= 15 is 0 Å². The van der Waals surface area contributed by atoms with Crippen molar-refractivity contribution in [1.29, 1.82) is 0 Å². The van der Waals surface area contributed by atoms with Crippen molar-refractivity contribution in [1.82, 2.24) is 30.2 Å². The number of allylic oxidation sites excluding steroid dienone is 5. The van der Waals surface area contributed by atoms with Gasteiger partial charge in [0, 0.05) is 27.4 Å². The fourth-order valence-electron chi connectivity index (χ4n) is 4.34. The Morgan fingerprint density at radius 2 is 2.21 bits per heavy atom. The lowest BCUT2D eigenvalue weighted by Crippen LogP contribution is -2.04. The number of imidazole rings is 1. The molecule has 5 rings (SSSR count). The molecule has 0 saturated heterocycles. The van der Waals surface area contributed by atoms with Gasteiger partial charge in [0.2, 0.25) is 0 Å². The molecule has 0 radical (unpaired) electrons. The minimum Gasteiger partial charge on any atom is -0.477 e. The predicted molar refractivity (Wildman–Crippen MR) is 145 cm³/mol. The number of rotatable bonds is 10. The summed E-state index contributed by atoms with van der Waals surface area (Å²) in [4.78, 5) is 18.8. The molecular weight excluding hydrogens is 527 g/mol. The quantitative estimate of drug-likeness (QED) is 0.212. The number of aromatic carboxylic acids is 1. The number of carboxylic acid groups (broad SMARTS) is 1. The SMILES string of the molecule is C=C/C(=C\C=C(/C)C(CC1CC1)c1ncc(-c2csc(C(=O)O)c2F)[nH]1)c1cc(Cl)ccc1-n1cnnn1. The molecule has 0 amide bonds. The molecule has 3 heterocycles. The summed E-state index contributed by atoms with van der Waals surface area (Å²) >= 11 is 7.17. The molecular formula is C27H24ClFN6O2S. The number of aromatic amines is 1. The Labute approximate surface area is 227 Å². The van der Waals surface area contributed by atoms with Crippen molar-refractivity contribution in [3.8, 4) is 16.9 Å². The van der Waals surface area contributed by atoms with Gasteiger partial charge < -0.3 is 10.1 Å². The summed E-state index contributed by atoms with van der Waals surface area (Å²) in [5.41, 5.74) is 4.17. The number of aromatic nitrogens is 6. The topological polar surface area (TPSA) is 110 Å². The molecule has 0 aliphatic heterocycles. The van der Waals surface area contributed by atoms with E-state index in [9.17, 15) is 14.3 Å². The van der Waals surface area contributed by atoms with Crippen LogP contribution in [0.2, 0.25) is 5.02 Å². The number of nitrogens with zero attached hydrogens (tertiary/aromatic N) is 5. The second-order valence-corrected chi connectivity index (χ2v) is 10.5. The average Bonchev–Trinajstić information content (AvgIpc) is 3.27. The normalized spacial score (nSPS) is 15.0. The fourth-order valence-corrected chi connectivity index (χ4v) is 5.29. The third-order valence-corrected chi connectivity index (χ3v) is 7.75. The Hall–Kier alpha value is -3.89. The first-order chi connectivity index (χ1) is 18.4.